The lowest BCUT2D eigenvalue weighted by Gasteiger charge is -2.14. The van der Waals surface area contributed by atoms with E-state index in [2.05, 4.69) is 48.9 Å². The average molecular weight is 309 g/mol. The van der Waals surface area contributed by atoms with Crippen LogP contribution >= 0.6 is 11.3 Å². The fourth-order valence-electron chi connectivity index (χ4n) is 3.61. The van der Waals surface area contributed by atoms with Gasteiger partial charge in [-0.05, 0) is 37.0 Å². The zero-order valence-electron chi connectivity index (χ0n) is 13.0. The number of hydrogen-bond acceptors (Lipinski definition) is 2. The summed E-state index contributed by atoms with van der Waals surface area (Å²) in [5, 5.41) is 1.36. The van der Waals surface area contributed by atoms with Gasteiger partial charge in [-0.1, -0.05) is 25.1 Å². The third-order valence-electron chi connectivity index (χ3n) is 4.63. The van der Waals surface area contributed by atoms with Gasteiger partial charge in [0.1, 0.15) is 0 Å². The number of aryl methyl sites for hydroxylation is 3. The minimum absolute atomic E-state index is 0.294. The van der Waals surface area contributed by atoms with Crippen molar-refractivity contribution in [3.05, 3.63) is 45.6 Å². The van der Waals surface area contributed by atoms with E-state index >= 15 is 0 Å². The molecule has 0 unspecified atom stereocenters. The van der Waals surface area contributed by atoms with Gasteiger partial charge in [0.25, 0.3) is 0 Å². The van der Waals surface area contributed by atoms with Gasteiger partial charge in [0.2, 0.25) is 0 Å². The average Bonchev–Trinajstić information content (AvgIpc) is 3.08. The summed E-state index contributed by atoms with van der Waals surface area (Å²) in [6.45, 7) is 2.06. The first-order chi connectivity index (χ1) is 10.7. The van der Waals surface area contributed by atoms with E-state index in [9.17, 15) is 4.79 Å². The van der Waals surface area contributed by atoms with Crippen LogP contribution in [-0.2, 0) is 19.9 Å². The fourth-order valence-corrected chi connectivity index (χ4v) is 4.74. The van der Waals surface area contributed by atoms with Gasteiger partial charge < -0.3 is 4.57 Å². The van der Waals surface area contributed by atoms with E-state index in [0.29, 0.717) is 12.2 Å². The third kappa shape index (κ3) is 1.88. The Morgan fingerprint density at radius 2 is 2.09 bits per heavy atom. The van der Waals surface area contributed by atoms with Crippen molar-refractivity contribution in [2.24, 2.45) is 7.05 Å². The van der Waals surface area contributed by atoms with Crippen LogP contribution in [0.2, 0.25) is 0 Å². The molecule has 0 N–H and O–H groups in total. The van der Waals surface area contributed by atoms with Crippen molar-refractivity contribution < 1.29 is 4.79 Å². The molecule has 0 fully saturated rings. The number of ketones is 1. The Labute approximate surface area is 134 Å². The van der Waals surface area contributed by atoms with Crippen LogP contribution in [0.4, 0.5) is 0 Å². The molecule has 1 aliphatic carbocycles. The van der Waals surface area contributed by atoms with Crippen molar-refractivity contribution >= 4 is 28.0 Å². The third-order valence-corrected chi connectivity index (χ3v) is 5.87. The maximum Gasteiger partial charge on any atom is 0.172 e. The molecule has 3 aromatic rings. The number of aromatic nitrogens is 1. The Morgan fingerprint density at radius 3 is 2.91 bits per heavy atom. The molecule has 22 heavy (non-hydrogen) atoms. The van der Waals surface area contributed by atoms with Gasteiger partial charge in [0, 0.05) is 34.8 Å². The molecule has 112 valence electrons. The molecule has 2 nitrogen and oxygen atoms in total. The normalized spacial score (nSPS) is 13.2. The van der Waals surface area contributed by atoms with E-state index in [1.54, 1.807) is 11.3 Å². The van der Waals surface area contributed by atoms with Crippen LogP contribution in [0.5, 0.6) is 0 Å². The molecular weight excluding hydrogens is 290 g/mol. The summed E-state index contributed by atoms with van der Waals surface area (Å²) in [6.07, 6.45) is 3.70. The van der Waals surface area contributed by atoms with Crippen molar-refractivity contribution in [2.45, 2.75) is 32.6 Å². The van der Waals surface area contributed by atoms with E-state index in [-0.39, 0.29) is 0 Å². The van der Waals surface area contributed by atoms with Crippen LogP contribution in [-0.4, -0.2) is 10.4 Å². The number of fused-ring (bicyclic) bond motifs is 5. The zero-order valence-corrected chi connectivity index (χ0v) is 13.8. The second kappa shape index (κ2) is 5.10. The van der Waals surface area contributed by atoms with E-state index in [4.69, 9.17) is 0 Å². The Kier molecular flexibility index (Phi) is 3.19. The van der Waals surface area contributed by atoms with E-state index in [1.165, 1.54) is 32.6 Å². The zero-order chi connectivity index (χ0) is 15.3. The Balaban J connectivity index is 1.92. The lowest BCUT2D eigenvalue weighted by atomic mass is 9.94. The second-order valence-electron chi connectivity index (χ2n) is 6.02. The first-order valence-electron chi connectivity index (χ1n) is 7.93. The van der Waals surface area contributed by atoms with Crippen molar-refractivity contribution in [3.63, 3.8) is 0 Å². The number of hydrogen-bond donors (Lipinski definition) is 0. The molecule has 1 aliphatic rings. The van der Waals surface area contributed by atoms with Crippen LogP contribution in [0.3, 0.4) is 0 Å². The van der Waals surface area contributed by atoms with Crippen molar-refractivity contribution in [3.8, 4) is 11.3 Å². The van der Waals surface area contributed by atoms with Crippen molar-refractivity contribution in [1.82, 2.24) is 4.57 Å². The maximum absolute atomic E-state index is 12.2. The second-order valence-corrected chi connectivity index (χ2v) is 7.16. The lowest BCUT2D eigenvalue weighted by Crippen LogP contribution is -2.02. The molecule has 1 aromatic carbocycles. The van der Waals surface area contributed by atoms with Crippen LogP contribution in [0.25, 0.3) is 22.2 Å². The predicted octanol–water partition coefficient (Wildman–Crippen LogP) is 4.99. The number of Topliss-reactive ketones (excluding diaryl/α,β-unsaturated/α-hetero) is 1. The number of rotatable bonds is 3. The molecule has 0 spiro atoms. The number of thiophene rings is 1. The molecule has 0 amide bonds. The Bertz CT molecular complexity index is 884. The van der Waals surface area contributed by atoms with Crippen molar-refractivity contribution in [2.75, 3.05) is 0 Å². The number of nitrogens with zero attached hydrogens (tertiary/aromatic N) is 1. The lowest BCUT2D eigenvalue weighted by molar-refractivity contribution is 0.0985. The van der Waals surface area contributed by atoms with Crippen LogP contribution < -0.4 is 0 Å². The summed E-state index contributed by atoms with van der Waals surface area (Å²) in [6, 6.07) is 10.7. The van der Waals surface area contributed by atoms with Crippen LogP contribution in [0.1, 0.15) is 39.9 Å². The van der Waals surface area contributed by atoms with Crippen LogP contribution in [0.15, 0.2) is 30.3 Å². The van der Waals surface area contributed by atoms with Gasteiger partial charge in [-0.3, -0.25) is 4.79 Å². The Morgan fingerprint density at radius 1 is 1.27 bits per heavy atom. The monoisotopic (exact) mass is 309 g/mol. The van der Waals surface area contributed by atoms with Gasteiger partial charge in [-0.25, -0.2) is 0 Å². The van der Waals surface area contributed by atoms with Gasteiger partial charge in [-0.2, -0.15) is 0 Å². The molecule has 0 bridgehead atoms. The maximum atomic E-state index is 12.2. The summed E-state index contributed by atoms with van der Waals surface area (Å²) in [5.41, 5.74) is 5.32. The van der Waals surface area contributed by atoms with E-state index in [1.807, 2.05) is 0 Å². The number of benzene rings is 1. The summed E-state index contributed by atoms with van der Waals surface area (Å²) in [7, 11) is 2.14. The highest BCUT2D eigenvalue weighted by Crippen LogP contribution is 2.43. The van der Waals surface area contributed by atoms with Crippen molar-refractivity contribution in [1.29, 1.82) is 0 Å². The first kappa shape index (κ1) is 13.8. The smallest absolute Gasteiger partial charge is 0.172 e. The summed E-state index contributed by atoms with van der Waals surface area (Å²) < 4.78 is 2.30. The molecule has 0 saturated heterocycles. The molecule has 4 rings (SSSR count). The SMILES string of the molecule is CCCC(=O)c1cc2c(s1)CCc1c-2n(C)c2ccccc12. The van der Waals surface area contributed by atoms with Gasteiger partial charge in [0.15, 0.2) is 5.78 Å². The molecule has 2 aromatic heterocycles. The predicted molar refractivity (Wildman–Crippen MR) is 92.9 cm³/mol. The Hall–Kier alpha value is -1.87. The van der Waals surface area contributed by atoms with E-state index in [0.717, 1.165) is 24.1 Å². The highest BCUT2D eigenvalue weighted by atomic mass is 32.1. The van der Waals surface area contributed by atoms with Gasteiger partial charge >= 0.3 is 0 Å². The molecule has 0 saturated carbocycles. The fraction of sp³-hybridized carbons (Fsp3) is 0.316. The quantitative estimate of drug-likeness (QED) is 0.625. The number of para-hydroxylation sites is 1. The van der Waals surface area contributed by atoms with Gasteiger partial charge in [0.05, 0.1) is 10.6 Å². The standard InChI is InChI=1S/C19H19NOS/c1-3-6-16(21)18-11-14-17(22-18)10-9-13-12-7-4-5-8-15(12)20(2)19(13)14/h4-5,7-8,11H,3,6,9-10H2,1-2H3. The molecular formula is C19H19NOS. The molecule has 2 heterocycles. The topological polar surface area (TPSA) is 22.0 Å². The van der Waals surface area contributed by atoms with Gasteiger partial charge in [-0.15, -0.1) is 11.3 Å². The minimum Gasteiger partial charge on any atom is -0.343 e. The minimum atomic E-state index is 0.294. The largest absolute Gasteiger partial charge is 0.343 e. The molecule has 3 heteroatoms. The summed E-state index contributed by atoms with van der Waals surface area (Å²) >= 11 is 1.70. The van der Waals surface area contributed by atoms with Crippen LogP contribution in [0, 0.1) is 0 Å². The highest BCUT2D eigenvalue weighted by Gasteiger charge is 2.26. The summed E-state index contributed by atoms with van der Waals surface area (Å²) in [4.78, 5) is 14.5. The number of carbonyl (C=O) groups is 1. The first-order valence-corrected chi connectivity index (χ1v) is 8.75. The molecule has 0 radical (unpaired) electrons. The molecule has 0 atom stereocenters. The molecule has 0 aliphatic heterocycles. The summed E-state index contributed by atoms with van der Waals surface area (Å²) in [5.74, 6) is 0.294. The highest BCUT2D eigenvalue weighted by molar-refractivity contribution is 7.14. The van der Waals surface area contributed by atoms with E-state index < -0.39 is 0 Å². The number of carbonyl (C=O) groups excluding carboxylic acids is 1.